The molecule has 2 rings (SSSR count). The molecule has 1 aliphatic rings. The van der Waals surface area contributed by atoms with Crippen LogP contribution in [0.5, 0.6) is 0 Å². The molecular formula is C11H17ClN4. The fourth-order valence-electron chi connectivity index (χ4n) is 2.34. The molecule has 0 amide bonds. The van der Waals surface area contributed by atoms with E-state index in [1.54, 1.807) is 6.07 Å². The van der Waals surface area contributed by atoms with E-state index in [9.17, 15) is 0 Å². The minimum Gasteiger partial charge on any atom is -0.368 e. The number of nitrogens with two attached hydrogens (primary N) is 1. The minimum atomic E-state index is 0.247. The molecule has 0 aliphatic carbocycles. The molecule has 0 aromatic carbocycles. The molecule has 0 saturated carbocycles. The highest BCUT2D eigenvalue weighted by Gasteiger charge is 2.28. The van der Waals surface area contributed by atoms with Crippen LogP contribution in [0.1, 0.15) is 26.7 Å². The zero-order chi connectivity index (χ0) is 11.7. The average Bonchev–Trinajstić information content (AvgIpc) is 2.63. The lowest BCUT2D eigenvalue weighted by molar-refractivity contribution is 0.489. The van der Waals surface area contributed by atoms with Gasteiger partial charge in [-0.15, -0.1) is 0 Å². The van der Waals surface area contributed by atoms with Gasteiger partial charge in [0.1, 0.15) is 11.0 Å². The molecule has 1 saturated heterocycles. The fourth-order valence-corrected chi connectivity index (χ4v) is 2.52. The van der Waals surface area contributed by atoms with Gasteiger partial charge >= 0.3 is 0 Å². The van der Waals surface area contributed by atoms with Crippen molar-refractivity contribution in [3.8, 4) is 0 Å². The monoisotopic (exact) mass is 240 g/mol. The van der Waals surface area contributed by atoms with Crippen molar-refractivity contribution in [2.24, 2.45) is 5.92 Å². The number of nitrogen functional groups attached to an aromatic ring is 1. The molecule has 1 aromatic rings. The van der Waals surface area contributed by atoms with Gasteiger partial charge in [0.05, 0.1) is 0 Å². The van der Waals surface area contributed by atoms with Gasteiger partial charge in [0, 0.05) is 18.7 Å². The van der Waals surface area contributed by atoms with Gasteiger partial charge in [-0.1, -0.05) is 25.4 Å². The summed E-state index contributed by atoms with van der Waals surface area (Å²) in [5, 5.41) is 0.414. The van der Waals surface area contributed by atoms with Crippen molar-refractivity contribution in [2.75, 3.05) is 17.2 Å². The number of anilines is 2. The molecule has 0 spiro atoms. The summed E-state index contributed by atoms with van der Waals surface area (Å²) in [4.78, 5) is 10.4. The van der Waals surface area contributed by atoms with Crippen LogP contribution in [-0.2, 0) is 0 Å². The van der Waals surface area contributed by atoms with Crippen LogP contribution < -0.4 is 10.6 Å². The van der Waals surface area contributed by atoms with Gasteiger partial charge in [0.15, 0.2) is 0 Å². The minimum absolute atomic E-state index is 0.247. The SMILES string of the molecule is CC(C)C1CCCN1c1cc(Cl)nc(N)n1. The van der Waals surface area contributed by atoms with Crippen molar-refractivity contribution in [1.82, 2.24) is 9.97 Å². The zero-order valence-electron chi connectivity index (χ0n) is 9.65. The molecule has 1 aliphatic heterocycles. The topological polar surface area (TPSA) is 55.0 Å². The predicted molar refractivity (Wildman–Crippen MR) is 66.7 cm³/mol. The maximum absolute atomic E-state index is 5.90. The maximum Gasteiger partial charge on any atom is 0.223 e. The Hall–Kier alpha value is -1.03. The van der Waals surface area contributed by atoms with Crippen molar-refractivity contribution in [2.45, 2.75) is 32.7 Å². The summed E-state index contributed by atoms with van der Waals surface area (Å²) >= 11 is 5.90. The van der Waals surface area contributed by atoms with E-state index < -0.39 is 0 Å². The first-order valence-corrected chi connectivity index (χ1v) is 6.02. The highest BCUT2D eigenvalue weighted by Crippen LogP contribution is 2.29. The van der Waals surface area contributed by atoms with Crippen LogP contribution in [0.3, 0.4) is 0 Å². The summed E-state index contributed by atoms with van der Waals surface area (Å²) in [6, 6.07) is 2.32. The summed E-state index contributed by atoms with van der Waals surface area (Å²) in [6.07, 6.45) is 2.41. The lowest BCUT2D eigenvalue weighted by atomic mass is 10.0. The molecule has 5 heteroatoms. The smallest absolute Gasteiger partial charge is 0.223 e. The first kappa shape index (κ1) is 11.5. The maximum atomic E-state index is 5.90. The summed E-state index contributed by atoms with van der Waals surface area (Å²) in [6.45, 7) is 5.49. The summed E-state index contributed by atoms with van der Waals surface area (Å²) < 4.78 is 0. The van der Waals surface area contributed by atoms with Crippen LogP contribution in [0.4, 0.5) is 11.8 Å². The number of nitrogens with zero attached hydrogens (tertiary/aromatic N) is 3. The average molecular weight is 241 g/mol. The number of hydrogen-bond acceptors (Lipinski definition) is 4. The van der Waals surface area contributed by atoms with Crippen molar-refractivity contribution in [3.05, 3.63) is 11.2 Å². The van der Waals surface area contributed by atoms with E-state index in [1.165, 1.54) is 12.8 Å². The van der Waals surface area contributed by atoms with Crippen molar-refractivity contribution >= 4 is 23.4 Å². The van der Waals surface area contributed by atoms with E-state index in [0.29, 0.717) is 17.1 Å². The van der Waals surface area contributed by atoms with Gasteiger partial charge in [-0.05, 0) is 18.8 Å². The van der Waals surface area contributed by atoms with Crippen molar-refractivity contribution in [3.63, 3.8) is 0 Å². The fraction of sp³-hybridized carbons (Fsp3) is 0.636. The van der Waals surface area contributed by atoms with Gasteiger partial charge in [0.25, 0.3) is 0 Å². The Morgan fingerprint density at radius 3 is 2.88 bits per heavy atom. The normalized spacial score (nSPS) is 20.8. The van der Waals surface area contributed by atoms with Crippen LogP contribution in [0.25, 0.3) is 0 Å². The Kier molecular flexibility index (Phi) is 3.19. The van der Waals surface area contributed by atoms with E-state index in [0.717, 1.165) is 12.4 Å². The molecule has 1 unspecified atom stereocenters. The van der Waals surface area contributed by atoms with Gasteiger partial charge in [0.2, 0.25) is 5.95 Å². The van der Waals surface area contributed by atoms with E-state index in [-0.39, 0.29) is 5.95 Å². The van der Waals surface area contributed by atoms with E-state index in [4.69, 9.17) is 17.3 Å². The second-order valence-electron chi connectivity index (χ2n) is 4.55. The first-order valence-electron chi connectivity index (χ1n) is 5.64. The number of hydrogen-bond donors (Lipinski definition) is 1. The first-order chi connectivity index (χ1) is 7.58. The highest BCUT2D eigenvalue weighted by molar-refractivity contribution is 6.29. The summed E-state index contributed by atoms with van der Waals surface area (Å²) in [7, 11) is 0. The molecule has 1 aromatic heterocycles. The number of aromatic nitrogens is 2. The van der Waals surface area contributed by atoms with Crippen LogP contribution in [-0.4, -0.2) is 22.6 Å². The van der Waals surface area contributed by atoms with Gasteiger partial charge < -0.3 is 10.6 Å². The predicted octanol–water partition coefficient (Wildman–Crippen LogP) is 2.34. The molecule has 2 N–H and O–H groups in total. The molecule has 4 nitrogen and oxygen atoms in total. The van der Waals surface area contributed by atoms with Gasteiger partial charge in [-0.25, -0.2) is 4.98 Å². The molecule has 88 valence electrons. The quantitative estimate of drug-likeness (QED) is 0.807. The summed E-state index contributed by atoms with van der Waals surface area (Å²) in [5.74, 6) is 1.71. The number of rotatable bonds is 2. The Morgan fingerprint density at radius 2 is 2.25 bits per heavy atom. The van der Waals surface area contributed by atoms with Gasteiger partial charge in [-0.2, -0.15) is 4.98 Å². The van der Waals surface area contributed by atoms with Crippen molar-refractivity contribution < 1.29 is 0 Å². The zero-order valence-corrected chi connectivity index (χ0v) is 10.4. The number of halogens is 1. The Bertz CT molecular complexity index is 360. The summed E-state index contributed by atoms with van der Waals surface area (Å²) in [5.41, 5.74) is 5.62. The second-order valence-corrected chi connectivity index (χ2v) is 4.94. The van der Waals surface area contributed by atoms with E-state index >= 15 is 0 Å². The third-order valence-corrected chi connectivity index (χ3v) is 3.26. The molecule has 1 atom stereocenters. The van der Waals surface area contributed by atoms with Crippen LogP contribution >= 0.6 is 11.6 Å². The standard InChI is InChI=1S/C11H17ClN4/c1-7(2)8-4-3-5-16(8)10-6-9(12)14-11(13)15-10/h6-8H,3-5H2,1-2H3,(H2,13,14,15). The Morgan fingerprint density at radius 1 is 1.50 bits per heavy atom. The molecule has 0 radical (unpaired) electrons. The Labute approximate surface area is 101 Å². The molecule has 2 heterocycles. The largest absolute Gasteiger partial charge is 0.368 e. The highest BCUT2D eigenvalue weighted by atomic mass is 35.5. The molecule has 0 bridgehead atoms. The van der Waals surface area contributed by atoms with Crippen LogP contribution in [0, 0.1) is 5.92 Å². The lowest BCUT2D eigenvalue weighted by Gasteiger charge is -2.28. The van der Waals surface area contributed by atoms with E-state index in [1.807, 2.05) is 0 Å². The molecule has 1 fully saturated rings. The third kappa shape index (κ3) is 2.21. The Balaban J connectivity index is 2.29. The second kappa shape index (κ2) is 4.45. The molecular weight excluding hydrogens is 224 g/mol. The third-order valence-electron chi connectivity index (χ3n) is 3.06. The van der Waals surface area contributed by atoms with Crippen LogP contribution in [0.2, 0.25) is 5.15 Å². The van der Waals surface area contributed by atoms with E-state index in [2.05, 4.69) is 28.7 Å². The lowest BCUT2D eigenvalue weighted by Crippen LogP contribution is -2.34. The van der Waals surface area contributed by atoms with Gasteiger partial charge in [-0.3, -0.25) is 0 Å². The molecule has 16 heavy (non-hydrogen) atoms. The van der Waals surface area contributed by atoms with Crippen molar-refractivity contribution in [1.29, 1.82) is 0 Å². The van der Waals surface area contributed by atoms with Crippen LogP contribution in [0.15, 0.2) is 6.07 Å².